The van der Waals surface area contributed by atoms with Crippen LogP contribution < -0.4 is 0 Å². The molecule has 0 aliphatic carbocycles. The van der Waals surface area contributed by atoms with Crippen molar-refractivity contribution < 1.29 is 18.5 Å². The first-order chi connectivity index (χ1) is 11.1. The van der Waals surface area contributed by atoms with Crippen LogP contribution in [0, 0.1) is 13.8 Å². The third kappa shape index (κ3) is 3.29. The first kappa shape index (κ1) is 15.7. The van der Waals surface area contributed by atoms with Gasteiger partial charge in [0.05, 0.1) is 5.56 Å². The van der Waals surface area contributed by atoms with Crippen LogP contribution in [0.4, 0.5) is 0 Å². The molecule has 2 aromatic heterocycles. The number of hydrogen-bond acceptors (Lipinski definition) is 6. The van der Waals surface area contributed by atoms with E-state index in [1.54, 1.807) is 27.0 Å². The highest BCUT2D eigenvalue weighted by Gasteiger charge is 2.29. The lowest BCUT2D eigenvalue weighted by molar-refractivity contribution is 0.0702. The van der Waals surface area contributed by atoms with E-state index >= 15 is 0 Å². The Morgan fingerprint density at radius 1 is 1.48 bits per heavy atom. The number of rotatable bonds is 4. The fraction of sp³-hybridized carbons (Fsp3) is 0.562. The Bertz CT molecular complexity index is 691. The van der Waals surface area contributed by atoms with E-state index in [-0.39, 0.29) is 11.8 Å². The van der Waals surface area contributed by atoms with E-state index in [1.807, 2.05) is 4.90 Å². The third-order valence-corrected chi connectivity index (χ3v) is 4.10. The number of ether oxygens (including phenoxy) is 1. The lowest BCUT2D eigenvalue weighted by atomic mass is 9.96. The van der Waals surface area contributed by atoms with Crippen molar-refractivity contribution >= 4 is 5.91 Å². The van der Waals surface area contributed by atoms with Crippen LogP contribution in [0.2, 0.25) is 0 Å². The molecule has 124 valence electrons. The molecule has 1 amide bonds. The van der Waals surface area contributed by atoms with Gasteiger partial charge in [-0.1, -0.05) is 5.16 Å². The molecule has 0 spiro atoms. The Kier molecular flexibility index (Phi) is 4.47. The molecule has 2 aromatic rings. The van der Waals surface area contributed by atoms with Gasteiger partial charge in [-0.15, -0.1) is 0 Å². The minimum absolute atomic E-state index is 0.0153. The highest BCUT2D eigenvalue weighted by Crippen LogP contribution is 2.27. The fourth-order valence-corrected chi connectivity index (χ4v) is 2.99. The van der Waals surface area contributed by atoms with Gasteiger partial charge in [0.15, 0.2) is 5.82 Å². The summed E-state index contributed by atoms with van der Waals surface area (Å²) in [5.41, 5.74) is 0.599. The van der Waals surface area contributed by atoms with Crippen molar-refractivity contribution in [2.75, 3.05) is 20.2 Å². The predicted molar refractivity (Wildman–Crippen MR) is 81.1 cm³/mol. The zero-order valence-electron chi connectivity index (χ0n) is 13.7. The van der Waals surface area contributed by atoms with Crippen LogP contribution in [-0.2, 0) is 11.3 Å². The van der Waals surface area contributed by atoms with E-state index in [0.29, 0.717) is 42.0 Å². The largest absolute Gasteiger partial charge is 0.463 e. The second kappa shape index (κ2) is 6.54. The standard InChI is InChI=1S/C16H21N3O4/c1-10-14(7-13(22-10)9-21-3)16(20)19-6-4-5-12(8-19)15-17-11(2)23-18-15/h7,12H,4-6,8-9H2,1-3H3/t12-/m0/s1. The molecule has 0 saturated carbocycles. The molecule has 3 rings (SSSR count). The Balaban J connectivity index is 1.74. The summed E-state index contributed by atoms with van der Waals surface area (Å²) in [7, 11) is 1.60. The first-order valence-corrected chi connectivity index (χ1v) is 7.76. The highest BCUT2D eigenvalue weighted by atomic mass is 16.5. The zero-order valence-corrected chi connectivity index (χ0v) is 13.7. The summed E-state index contributed by atoms with van der Waals surface area (Å²) in [5.74, 6) is 2.63. The van der Waals surface area contributed by atoms with Gasteiger partial charge in [0.2, 0.25) is 5.89 Å². The van der Waals surface area contributed by atoms with E-state index in [4.69, 9.17) is 13.7 Å². The molecular formula is C16H21N3O4. The number of carbonyl (C=O) groups is 1. The van der Waals surface area contributed by atoms with Gasteiger partial charge in [-0.25, -0.2) is 0 Å². The number of aromatic nitrogens is 2. The minimum Gasteiger partial charge on any atom is -0.463 e. The minimum atomic E-state index is -0.0153. The number of piperidine rings is 1. The van der Waals surface area contributed by atoms with Crippen molar-refractivity contribution in [3.05, 3.63) is 34.9 Å². The molecule has 1 aliphatic rings. The molecule has 7 nitrogen and oxygen atoms in total. The molecule has 0 unspecified atom stereocenters. The van der Waals surface area contributed by atoms with Crippen molar-refractivity contribution in [1.82, 2.24) is 15.0 Å². The quantitative estimate of drug-likeness (QED) is 0.861. The zero-order chi connectivity index (χ0) is 16.4. The van der Waals surface area contributed by atoms with Crippen LogP contribution in [0.1, 0.15) is 52.4 Å². The van der Waals surface area contributed by atoms with Gasteiger partial charge in [0.1, 0.15) is 18.1 Å². The molecule has 0 bridgehead atoms. The number of likely N-dealkylation sites (tertiary alicyclic amines) is 1. The summed E-state index contributed by atoms with van der Waals surface area (Å²) >= 11 is 0. The maximum atomic E-state index is 12.8. The van der Waals surface area contributed by atoms with Crippen LogP contribution in [-0.4, -0.2) is 41.1 Å². The summed E-state index contributed by atoms with van der Waals surface area (Å²) in [4.78, 5) is 18.9. The first-order valence-electron chi connectivity index (χ1n) is 7.76. The second-order valence-corrected chi connectivity index (χ2v) is 5.88. The summed E-state index contributed by atoms with van der Waals surface area (Å²) in [5, 5.41) is 3.99. The van der Waals surface area contributed by atoms with E-state index in [2.05, 4.69) is 10.1 Å². The molecule has 1 atom stereocenters. The molecule has 23 heavy (non-hydrogen) atoms. The van der Waals surface area contributed by atoms with Crippen LogP contribution in [0.25, 0.3) is 0 Å². The van der Waals surface area contributed by atoms with Crippen molar-refractivity contribution in [3.8, 4) is 0 Å². The Hall–Kier alpha value is -2.15. The van der Waals surface area contributed by atoms with Gasteiger partial charge in [0.25, 0.3) is 5.91 Å². The van der Waals surface area contributed by atoms with Gasteiger partial charge in [-0.3, -0.25) is 4.79 Å². The Morgan fingerprint density at radius 2 is 2.30 bits per heavy atom. The van der Waals surface area contributed by atoms with E-state index in [1.165, 1.54) is 0 Å². The SMILES string of the molecule is COCc1cc(C(=O)N2CCC[C@H](c3noc(C)n3)C2)c(C)o1. The van der Waals surface area contributed by atoms with Crippen molar-refractivity contribution in [3.63, 3.8) is 0 Å². The summed E-state index contributed by atoms with van der Waals surface area (Å²) in [6.45, 7) is 5.27. The highest BCUT2D eigenvalue weighted by molar-refractivity contribution is 5.95. The average molecular weight is 319 g/mol. The lowest BCUT2D eigenvalue weighted by Crippen LogP contribution is -2.39. The maximum Gasteiger partial charge on any atom is 0.257 e. The number of carbonyl (C=O) groups excluding carboxylic acids is 1. The molecule has 0 N–H and O–H groups in total. The number of furan rings is 1. The van der Waals surface area contributed by atoms with Crippen molar-refractivity contribution in [1.29, 1.82) is 0 Å². The molecule has 1 fully saturated rings. The number of aryl methyl sites for hydroxylation is 2. The van der Waals surface area contributed by atoms with Gasteiger partial charge in [0, 0.05) is 33.0 Å². The second-order valence-electron chi connectivity index (χ2n) is 5.88. The predicted octanol–water partition coefficient (Wildman–Crippen LogP) is 2.45. The maximum absolute atomic E-state index is 12.8. The summed E-state index contributed by atoms with van der Waals surface area (Å²) in [6.07, 6.45) is 1.88. The fourth-order valence-electron chi connectivity index (χ4n) is 2.99. The monoisotopic (exact) mass is 319 g/mol. The van der Waals surface area contributed by atoms with Crippen LogP contribution in [0.15, 0.2) is 15.0 Å². The number of amides is 1. The molecular weight excluding hydrogens is 298 g/mol. The van der Waals surface area contributed by atoms with Crippen LogP contribution in [0.5, 0.6) is 0 Å². The van der Waals surface area contributed by atoms with Gasteiger partial charge >= 0.3 is 0 Å². The number of nitrogens with zero attached hydrogens (tertiary/aromatic N) is 3. The molecule has 3 heterocycles. The molecule has 1 aliphatic heterocycles. The smallest absolute Gasteiger partial charge is 0.257 e. The van der Waals surface area contributed by atoms with Crippen molar-refractivity contribution in [2.24, 2.45) is 0 Å². The lowest BCUT2D eigenvalue weighted by Gasteiger charge is -2.31. The average Bonchev–Trinajstić information content (AvgIpc) is 3.13. The van der Waals surface area contributed by atoms with Crippen LogP contribution in [0.3, 0.4) is 0 Å². The van der Waals surface area contributed by atoms with Crippen molar-refractivity contribution in [2.45, 2.75) is 39.2 Å². The van der Waals surface area contributed by atoms with E-state index < -0.39 is 0 Å². The Morgan fingerprint density at radius 3 is 3.00 bits per heavy atom. The van der Waals surface area contributed by atoms with Gasteiger partial charge in [-0.2, -0.15) is 4.98 Å². The number of methoxy groups -OCH3 is 1. The molecule has 1 saturated heterocycles. The summed E-state index contributed by atoms with van der Waals surface area (Å²) < 4.78 is 15.7. The van der Waals surface area contributed by atoms with Gasteiger partial charge in [-0.05, 0) is 25.8 Å². The topological polar surface area (TPSA) is 81.6 Å². The molecule has 7 heteroatoms. The third-order valence-electron chi connectivity index (χ3n) is 4.10. The van der Waals surface area contributed by atoms with Crippen LogP contribution >= 0.6 is 0 Å². The normalized spacial score (nSPS) is 18.4. The number of hydrogen-bond donors (Lipinski definition) is 0. The molecule has 0 aromatic carbocycles. The van der Waals surface area contributed by atoms with E-state index in [0.717, 1.165) is 19.4 Å². The van der Waals surface area contributed by atoms with Gasteiger partial charge < -0.3 is 18.6 Å². The summed E-state index contributed by atoms with van der Waals surface area (Å²) in [6, 6.07) is 1.77. The Labute approximate surface area is 134 Å². The molecule has 0 radical (unpaired) electrons. The van der Waals surface area contributed by atoms with E-state index in [9.17, 15) is 4.79 Å².